The van der Waals surface area contributed by atoms with E-state index in [-0.39, 0.29) is 0 Å². The molecule has 1 aliphatic heterocycles. The second kappa shape index (κ2) is 8.43. The minimum atomic E-state index is 0.333. The lowest BCUT2D eigenvalue weighted by atomic mass is 9.92. The normalized spacial score (nSPS) is 13.5. The van der Waals surface area contributed by atoms with Crippen LogP contribution in [0.2, 0.25) is 0 Å². The fourth-order valence-corrected chi connectivity index (χ4v) is 6.30. The number of benzene rings is 5. The Morgan fingerprint density at radius 2 is 1.35 bits per heavy atom. The first-order valence-electron chi connectivity index (χ1n) is 14.1. The summed E-state index contributed by atoms with van der Waals surface area (Å²) in [5, 5.41) is 7.19. The first-order valence-corrected chi connectivity index (χ1v) is 14.1. The first-order chi connectivity index (χ1) is 19.5. The molecule has 0 unspecified atom stereocenters. The summed E-state index contributed by atoms with van der Waals surface area (Å²) in [6.07, 6.45) is 4.43. The van der Waals surface area contributed by atoms with Crippen LogP contribution in [0.3, 0.4) is 0 Å². The third-order valence-corrected chi connectivity index (χ3v) is 8.45. The van der Waals surface area contributed by atoms with Crippen molar-refractivity contribution in [1.29, 1.82) is 0 Å². The molecule has 0 spiro atoms. The first kappa shape index (κ1) is 23.3. The van der Waals surface area contributed by atoms with Gasteiger partial charge in [-0.05, 0) is 50.9 Å². The third-order valence-electron chi connectivity index (χ3n) is 8.45. The molecule has 0 saturated heterocycles. The Kier molecular flexibility index (Phi) is 4.90. The van der Waals surface area contributed by atoms with Gasteiger partial charge in [-0.2, -0.15) is 0 Å². The van der Waals surface area contributed by atoms with Crippen LogP contribution in [0.4, 0.5) is 5.69 Å². The molecule has 0 aliphatic carbocycles. The average molecular weight is 520 g/mol. The summed E-state index contributed by atoms with van der Waals surface area (Å²) in [5.41, 5.74) is 9.79. The summed E-state index contributed by atoms with van der Waals surface area (Å²) in [7, 11) is 0. The highest BCUT2D eigenvalue weighted by molar-refractivity contribution is 6.24. The Morgan fingerprint density at radius 3 is 2.10 bits per heavy atom. The van der Waals surface area contributed by atoms with E-state index in [0.29, 0.717) is 11.8 Å². The van der Waals surface area contributed by atoms with Crippen molar-refractivity contribution in [2.75, 3.05) is 0 Å². The molecule has 0 amide bonds. The number of nitrogens with one attached hydrogen (secondary N) is 1. The number of H-pyrrole nitrogens is 1. The van der Waals surface area contributed by atoms with Crippen LogP contribution in [0.25, 0.3) is 65.5 Å². The van der Waals surface area contributed by atoms with Gasteiger partial charge < -0.3 is 4.98 Å². The molecule has 0 bridgehead atoms. The maximum Gasteiger partial charge on any atom is 0.115 e. The molecule has 0 fully saturated rings. The molecule has 40 heavy (non-hydrogen) atoms. The minimum absolute atomic E-state index is 0.333. The molecular weight excluding hydrogens is 490 g/mol. The van der Waals surface area contributed by atoms with Crippen LogP contribution in [0.15, 0.2) is 78.0 Å². The van der Waals surface area contributed by atoms with Crippen molar-refractivity contribution in [3.05, 3.63) is 84.4 Å². The lowest BCUT2D eigenvalue weighted by Gasteiger charge is -2.12. The third kappa shape index (κ3) is 3.27. The van der Waals surface area contributed by atoms with Crippen molar-refractivity contribution in [3.8, 4) is 11.1 Å². The molecular formula is C35H29N5. The molecule has 0 saturated carbocycles. The van der Waals surface area contributed by atoms with Crippen molar-refractivity contribution in [1.82, 2.24) is 19.9 Å². The van der Waals surface area contributed by atoms with Gasteiger partial charge >= 0.3 is 0 Å². The molecule has 5 heteroatoms. The lowest BCUT2D eigenvalue weighted by Crippen LogP contribution is -2.06. The molecule has 1 aliphatic rings. The number of rotatable bonds is 3. The summed E-state index contributed by atoms with van der Waals surface area (Å²) in [4.78, 5) is 23.2. The smallest absolute Gasteiger partial charge is 0.115 e. The highest BCUT2D eigenvalue weighted by Gasteiger charge is 2.24. The van der Waals surface area contributed by atoms with Crippen molar-refractivity contribution in [2.24, 2.45) is 10.9 Å². The number of aromatic amines is 1. The number of nitrogens with zero attached hydrogens (tertiary/aromatic N) is 4. The highest BCUT2D eigenvalue weighted by atomic mass is 14.9. The van der Waals surface area contributed by atoms with E-state index >= 15 is 0 Å². The number of aromatic nitrogens is 4. The molecule has 3 heterocycles. The number of fused-ring (bicyclic) bond motifs is 12. The van der Waals surface area contributed by atoms with Crippen LogP contribution < -0.4 is 0 Å². The van der Waals surface area contributed by atoms with Crippen LogP contribution in [0.5, 0.6) is 0 Å². The van der Waals surface area contributed by atoms with Gasteiger partial charge in [0.25, 0.3) is 0 Å². The molecule has 0 atom stereocenters. The second-order valence-corrected chi connectivity index (χ2v) is 11.6. The largest absolute Gasteiger partial charge is 0.341 e. The van der Waals surface area contributed by atoms with Crippen LogP contribution >= 0.6 is 0 Å². The van der Waals surface area contributed by atoms with E-state index in [4.69, 9.17) is 19.9 Å². The molecule has 1 N–H and O–H groups in total. The highest BCUT2D eigenvalue weighted by Crippen LogP contribution is 2.43. The molecule has 5 aromatic carbocycles. The van der Waals surface area contributed by atoms with Gasteiger partial charge in [0.1, 0.15) is 11.3 Å². The predicted molar refractivity (Wildman–Crippen MR) is 167 cm³/mol. The lowest BCUT2D eigenvalue weighted by molar-refractivity contribution is 0.799. The van der Waals surface area contributed by atoms with Crippen LogP contribution in [-0.2, 0) is 6.42 Å². The quantitative estimate of drug-likeness (QED) is 0.237. The van der Waals surface area contributed by atoms with Gasteiger partial charge in [0.15, 0.2) is 0 Å². The van der Waals surface area contributed by atoms with Gasteiger partial charge in [-0.3, -0.25) is 15.0 Å². The van der Waals surface area contributed by atoms with Crippen molar-refractivity contribution in [2.45, 2.75) is 40.0 Å². The summed E-state index contributed by atoms with van der Waals surface area (Å²) >= 11 is 0. The molecule has 5 nitrogen and oxygen atoms in total. The monoisotopic (exact) mass is 519 g/mol. The van der Waals surface area contributed by atoms with Crippen molar-refractivity contribution in [3.63, 3.8) is 0 Å². The number of hydrogen-bond acceptors (Lipinski definition) is 4. The van der Waals surface area contributed by atoms with Gasteiger partial charge in [0.2, 0.25) is 0 Å². The zero-order chi connectivity index (χ0) is 27.1. The van der Waals surface area contributed by atoms with Gasteiger partial charge in [0, 0.05) is 46.6 Å². The number of hydrogen-bond donors (Lipinski definition) is 1. The van der Waals surface area contributed by atoms with E-state index in [2.05, 4.69) is 93.3 Å². The molecule has 7 aromatic rings. The van der Waals surface area contributed by atoms with E-state index in [1.807, 2.05) is 0 Å². The maximum atomic E-state index is 5.02. The second-order valence-electron chi connectivity index (χ2n) is 11.6. The zero-order valence-electron chi connectivity index (χ0n) is 23.1. The van der Waals surface area contributed by atoms with E-state index in [9.17, 15) is 0 Å². The summed E-state index contributed by atoms with van der Waals surface area (Å²) < 4.78 is 0. The predicted octanol–water partition coefficient (Wildman–Crippen LogP) is 9.04. The summed E-state index contributed by atoms with van der Waals surface area (Å²) in [6, 6.07) is 22.2. The Labute approximate surface area is 232 Å². The Bertz CT molecular complexity index is 2200. The molecule has 2 aromatic heterocycles. The standard InChI is InChI=1S/C35H29N5/c1-18(2)29-17-28-23-11-9-21(16-27(23)30-34(33(28)38-29)37-14-13-36-30)20-10-12-25-26(15-20)22-7-5-6-8-24(22)31-32(25)40-35(39-31)19(3)4/h5-16,18-19H,17H2,1-4H3,(H,39,40). The van der Waals surface area contributed by atoms with Crippen LogP contribution in [0, 0.1) is 5.92 Å². The van der Waals surface area contributed by atoms with Crippen molar-refractivity contribution >= 4 is 65.8 Å². The average Bonchev–Trinajstić information content (AvgIpc) is 3.64. The van der Waals surface area contributed by atoms with E-state index in [1.165, 1.54) is 49.3 Å². The topological polar surface area (TPSA) is 66.8 Å². The van der Waals surface area contributed by atoms with Crippen LogP contribution in [0.1, 0.15) is 45.0 Å². The van der Waals surface area contributed by atoms with Gasteiger partial charge in [-0.25, -0.2) is 4.98 Å². The Morgan fingerprint density at radius 1 is 0.650 bits per heavy atom. The molecule has 8 rings (SSSR count). The summed E-state index contributed by atoms with van der Waals surface area (Å²) in [6.45, 7) is 8.78. The molecule has 194 valence electrons. The molecule has 0 radical (unpaired) electrons. The van der Waals surface area contributed by atoms with Gasteiger partial charge in [0.05, 0.1) is 22.2 Å². The SMILES string of the molecule is CC(C)C1=Nc2c(c3ccc(-c4ccc5c(c4)c4ccccc4c4nc(C(C)C)[nH]c54)cc3c3nccnc23)C1. The fourth-order valence-electron chi connectivity index (χ4n) is 6.30. The van der Waals surface area contributed by atoms with Crippen LogP contribution in [-0.4, -0.2) is 25.6 Å². The van der Waals surface area contributed by atoms with E-state index < -0.39 is 0 Å². The van der Waals surface area contributed by atoms with E-state index in [0.717, 1.165) is 45.4 Å². The van der Waals surface area contributed by atoms with Gasteiger partial charge in [-0.15, -0.1) is 0 Å². The number of aliphatic imine (C=N–C) groups is 1. The van der Waals surface area contributed by atoms with Crippen molar-refractivity contribution < 1.29 is 0 Å². The maximum absolute atomic E-state index is 5.02. The van der Waals surface area contributed by atoms with E-state index in [1.54, 1.807) is 12.4 Å². The Balaban J connectivity index is 1.37. The Hall–Kier alpha value is -4.64. The fraction of sp³-hybridized carbons (Fsp3) is 0.200. The summed E-state index contributed by atoms with van der Waals surface area (Å²) in [5.74, 6) is 1.76. The zero-order valence-corrected chi connectivity index (χ0v) is 23.1. The van der Waals surface area contributed by atoms with Gasteiger partial charge in [-0.1, -0.05) is 76.2 Å². The number of imidazole rings is 1. The minimum Gasteiger partial charge on any atom is -0.341 e.